The van der Waals surface area contributed by atoms with Crippen molar-refractivity contribution in [3.05, 3.63) is 0 Å². The highest BCUT2D eigenvalue weighted by Crippen LogP contribution is 2.03. The molecule has 15 heavy (non-hydrogen) atoms. The van der Waals surface area contributed by atoms with E-state index in [0.29, 0.717) is 13.1 Å². The fraction of sp³-hybridized carbons (Fsp3) is 0.889. The van der Waals surface area contributed by atoms with Gasteiger partial charge in [0, 0.05) is 19.6 Å². The molecule has 6 heteroatoms. The Bertz CT molecular complexity index is 187. The van der Waals surface area contributed by atoms with E-state index in [1.807, 2.05) is 0 Å². The highest BCUT2D eigenvalue weighted by atomic mass is 19.3. The summed E-state index contributed by atoms with van der Waals surface area (Å²) in [6, 6.07) is -0.450. The zero-order valence-corrected chi connectivity index (χ0v) is 9.12. The molecule has 0 bridgehead atoms. The molecule has 0 saturated heterocycles. The molecule has 0 aromatic rings. The minimum absolute atomic E-state index is 0.0559. The van der Waals surface area contributed by atoms with Crippen LogP contribution in [-0.2, 0) is 0 Å². The quantitative estimate of drug-likeness (QED) is 0.731. The molecule has 0 aliphatic carbocycles. The predicted molar refractivity (Wildman–Crippen MR) is 53.0 cm³/mol. The summed E-state index contributed by atoms with van der Waals surface area (Å²) >= 11 is 0. The largest absolute Gasteiger partial charge is 0.395 e. The van der Waals surface area contributed by atoms with Crippen LogP contribution in [-0.4, -0.2) is 60.1 Å². The summed E-state index contributed by atoms with van der Waals surface area (Å²) in [6.45, 7) is 3.51. The molecule has 0 fully saturated rings. The molecule has 0 unspecified atom stereocenters. The normalized spacial score (nSPS) is 10.5. The van der Waals surface area contributed by atoms with Crippen molar-refractivity contribution in [1.82, 2.24) is 9.80 Å². The summed E-state index contributed by atoms with van der Waals surface area (Å²) in [5.74, 6) is 0. The van der Waals surface area contributed by atoms with E-state index in [1.165, 1.54) is 4.90 Å². The Labute approximate surface area is 88.5 Å². The van der Waals surface area contributed by atoms with Gasteiger partial charge in [0.2, 0.25) is 0 Å². The lowest BCUT2D eigenvalue weighted by Gasteiger charge is -2.28. The van der Waals surface area contributed by atoms with Crippen LogP contribution in [0.3, 0.4) is 0 Å². The van der Waals surface area contributed by atoms with Gasteiger partial charge in [-0.25, -0.2) is 13.6 Å². The van der Waals surface area contributed by atoms with E-state index < -0.39 is 19.0 Å². The van der Waals surface area contributed by atoms with Gasteiger partial charge in [-0.1, -0.05) is 0 Å². The van der Waals surface area contributed by atoms with E-state index in [9.17, 15) is 13.6 Å². The summed E-state index contributed by atoms with van der Waals surface area (Å²) in [5.41, 5.74) is 0. The van der Waals surface area contributed by atoms with Crippen molar-refractivity contribution in [1.29, 1.82) is 0 Å². The lowest BCUT2D eigenvalue weighted by Crippen LogP contribution is -2.46. The third kappa shape index (κ3) is 4.92. The highest BCUT2D eigenvalue weighted by molar-refractivity contribution is 5.74. The topological polar surface area (TPSA) is 43.8 Å². The van der Waals surface area contributed by atoms with E-state index in [1.54, 1.807) is 13.8 Å². The number of aliphatic hydroxyl groups is 1. The average Bonchev–Trinajstić information content (AvgIpc) is 2.18. The molecule has 0 aromatic heterocycles. The van der Waals surface area contributed by atoms with Crippen LogP contribution in [0.5, 0.6) is 0 Å². The number of rotatable bonds is 6. The maximum Gasteiger partial charge on any atom is 0.320 e. The molecule has 0 aliphatic rings. The number of aliphatic hydroxyl groups excluding tert-OH is 1. The Morgan fingerprint density at radius 1 is 1.27 bits per heavy atom. The minimum Gasteiger partial charge on any atom is -0.395 e. The van der Waals surface area contributed by atoms with Crippen molar-refractivity contribution in [2.45, 2.75) is 20.3 Å². The Balaban J connectivity index is 4.38. The lowest BCUT2D eigenvalue weighted by atomic mass is 10.4. The van der Waals surface area contributed by atoms with Gasteiger partial charge in [0.1, 0.15) is 0 Å². The van der Waals surface area contributed by atoms with Crippen LogP contribution in [0.2, 0.25) is 0 Å². The highest BCUT2D eigenvalue weighted by Gasteiger charge is 2.21. The van der Waals surface area contributed by atoms with Gasteiger partial charge in [-0.15, -0.1) is 0 Å². The molecule has 4 nitrogen and oxygen atoms in total. The van der Waals surface area contributed by atoms with Gasteiger partial charge in [0.15, 0.2) is 0 Å². The second kappa shape index (κ2) is 7.39. The van der Waals surface area contributed by atoms with Crippen LogP contribution in [0.25, 0.3) is 0 Å². The third-order valence-corrected chi connectivity index (χ3v) is 2.03. The zero-order valence-electron chi connectivity index (χ0n) is 9.12. The minimum atomic E-state index is -2.57. The summed E-state index contributed by atoms with van der Waals surface area (Å²) in [5, 5.41) is 8.67. The Kier molecular flexibility index (Phi) is 6.94. The first-order chi connectivity index (χ1) is 7.06. The number of carbonyl (C=O) groups excluding carboxylic acids is 1. The molecule has 0 aromatic carbocycles. The molecule has 0 aliphatic heterocycles. The van der Waals surface area contributed by atoms with Crippen LogP contribution in [0, 0.1) is 0 Å². The molecule has 1 N–H and O–H groups in total. The van der Waals surface area contributed by atoms with E-state index in [4.69, 9.17) is 5.11 Å². The number of hydrogen-bond acceptors (Lipinski definition) is 2. The molecule has 0 atom stereocenters. The van der Waals surface area contributed by atoms with Crippen LogP contribution in [0.1, 0.15) is 13.8 Å². The summed E-state index contributed by atoms with van der Waals surface area (Å²) in [4.78, 5) is 14.1. The van der Waals surface area contributed by atoms with Crippen molar-refractivity contribution >= 4 is 6.03 Å². The number of halogens is 2. The summed E-state index contributed by atoms with van der Waals surface area (Å²) in [7, 11) is 0. The van der Waals surface area contributed by atoms with E-state index in [-0.39, 0.29) is 13.2 Å². The van der Waals surface area contributed by atoms with Gasteiger partial charge in [-0.2, -0.15) is 0 Å². The molecular weight excluding hydrogens is 206 g/mol. The standard InChI is InChI=1S/C9H18F2N2O2/c1-3-12(4-2)9(15)13(5-6-14)7-8(10)11/h8,14H,3-7H2,1-2H3. The van der Waals surface area contributed by atoms with Crippen LogP contribution >= 0.6 is 0 Å². The maximum absolute atomic E-state index is 12.1. The Morgan fingerprint density at radius 3 is 2.13 bits per heavy atom. The molecular formula is C9H18F2N2O2. The smallest absolute Gasteiger partial charge is 0.320 e. The van der Waals surface area contributed by atoms with Crippen LogP contribution < -0.4 is 0 Å². The van der Waals surface area contributed by atoms with Gasteiger partial charge in [-0.05, 0) is 13.8 Å². The monoisotopic (exact) mass is 224 g/mol. The van der Waals surface area contributed by atoms with E-state index in [2.05, 4.69) is 0 Å². The van der Waals surface area contributed by atoms with Crippen molar-refractivity contribution in [3.63, 3.8) is 0 Å². The number of amides is 2. The molecule has 0 rings (SSSR count). The van der Waals surface area contributed by atoms with Gasteiger partial charge in [0.25, 0.3) is 6.43 Å². The van der Waals surface area contributed by atoms with Crippen LogP contribution in [0.15, 0.2) is 0 Å². The molecule has 90 valence electrons. The summed E-state index contributed by atoms with van der Waals surface area (Å²) in [6.07, 6.45) is -2.57. The van der Waals surface area contributed by atoms with E-state index in [0.717, 1.165) is 4.90 Å². The average molecular weight is 224 g/mol. The second-order valence-electron chi connectivity index (χ2n) is 3.02. The second-order valence-corrected chi connectivity index (χ2v) is 3.02. The molecule has 2 amide bonds. The number of hydrogen-bond donors (Lipinski definition) is 1. The van der Waals surface area contributed by atoms with E-state index >= 15 is 0 Å². The maximum atomic E-state index is 12.1. The van der Waals surface area contributed by atoms with Crippen molar-refractivity contribution < 1.29 is 18.7 Å². The first-order valence-electron chi connectivity index (χ1n) is 4.99. The first kappa shape index (κ1) is 14.1. The van der Waals surface area contributed by atoms with Gasteiger partial charge in [-0.3, -0.25) is 0 Å². The van der Waals surface area contributed by atoms with Crippen LogP contribution in [0.4, 0.5) is 13.6 Å². The number of carbonyl (C=O) groups is 1. The molecule has 0 saturated carbocycles. The van der Waals surface area contributed by atoms with Gasteiger partial charge < -0.3 is 14.9 Å². The number of nitrogens with zero attached hydrogens (tertiary/aromatic N) is 2. The predicted octanol–water partition coefficient (Wildman–Crippen LogP) is 1.01. The molecule has 0 heterocycles. The fourth-order valence-corrected chi connectivity index (χ4v) is 1.25. The fourth-order valence-electron chi connectivity index (χ4n) is 1.25. The Morgan fingerprint density at radius 2 is 1.80 bits per heavy atom. The number of alkyl halides is 2. The van der Waals surface area contributed by atoms with Crippen molar-refractivity contribution in [2.75, 3.05) is 32.8 Å². The molecule has 0 spiro atoms. The third-order valence-electron chi connectivity index (χ3n) is 2.03. The van der Waals surface area contributed by atoms with Crippen molar-refractivity contribution in [2.24, 2.45) is 0 Å². The zero-order chi connectivity index (χ0) is 11.8. The van der Waals surface area contributed by atoms with Gasteiger partial charge in [0.05, 0.1) is 13.2 Å². The first-order valence-corrected chi connectivity index (χ1v) is 4.99. The molecule has 0 radical (unpaired) electrons. The van der Waals surface area contributed by atoms with Crippen molar-refractivity contribution in [3.8, 4) is 0 Å². The number of urea groups is 1. The summed E-state index contributed by atoms with van der Waals surface area (Å²) < 4.78 is 24.3. The van der Waals surface area contributed by atoms with Gasteiger partial charge >= 0.3 is 6.03 Å². The SMILES string of the molecule is CCN(CC)C(=O)N(CCO)CC(F)F. The Hall–Kier alpha value is -0.910. The lowest BCUT2D eigenvalue weighted by molar-refractivity contribution is 0.0781.